The van der Waals surface area contributed by atoms with Gasteiger partial charge >= 0.3 is 5.97 Å². The van der Waals surface area contributed by atoms with Gasteiger partial charge in [0, 0.05) is 4.90 Å². The van der Waals surface area contributed by atoms with Gasteiger partial charge in [0.15, 0.2) is 0 Å². The Hall–Kier alpha value is -0.870. The summed E-state index contributed by atoms with van der Waals surface area (Å²) in [4.78, 5) is 12.9. The number of thioether (sulfide) groups is 1. The van der Waals surface area contributed by atoms with Crippen LogP contribution in [0.1, 0.15) is 46.5 Å². The van der Waals surface area contributed by atoms with Crippen molar-refractivity contribution in [3.05, 3.63) is 23.2 Å². The predicted octanol–water partition coefficient (Wildman–Crippen LogP) is 5.16. The molecule has 0 fully saturated rings. The minimum absolute atomic E-state index is 0.196. The third-order valence-electron chi connectivity index (χ3n) is 3.63. The van der Waals surface area contributed by atoms with Gasteiger partial charge in [-0.2, -0.15) is 0 Å². The lowest BCUT2D eigenvalue weighted by Gasteiger charge is -2.17. The maximum absolute atomic E-state index is 12.1. The molecule has 1 rings (SSSR count). The van der Waals surface area contributed by atoms with Crippen molar-refractivity contribution in [1.82, 2.24) is 0 Å². The maximum atomic E-state index is 12.1. The molecule has 0 spiro atoms. The topological polar surface area (TPSA) is 52.3 Å². The van der Waals surface area contributed by atoms with E-state index in [1.165, 1.54) is 24.6 Å². The number of anilines is 1. The predicted molar refractivity (Wildman–Crippen MR) is 95.4 cm³/mol. The van der Waals surface area contributed by atoms with E-state index < -0.39 is 0 Å². The van der Waals surface area contributed by atoms with E-state index in [1.807, 2.05) is 19.1 Å². The van der Waals surface area contributed by atoms with E-state index in [0.717, 1.165) is 17.7 Å². The second-order valence-corrected chi connectivity index (χ2v) is 7.23. The van der Waals surface area contributed by atoms with Crippen LogP contribution < -0.4 is 5.73 Å². The van der Waals surface area contributed by atoms with E-state index in [-0.39, 0.29) is 11.2 Å². The van der Waals surface area contributed by atoms with Gasteiger partial charge in [0.2, 0.25) is 0 Å². The number of halogens is 1. The zero-order chi connectivity index (χ0) is 16.5. The average molecular weight is 344 g/mol. The second-order valence-electron chi connectivity index (χ2n) is 5.47. The Morgan fingerprint density at radius 1 is 1.41 bits per heavy atom. The molecule has 3 nitrogen and oxygen atoms in total. The van der Waals surface area contributed by atoms with Gasteiger partial charge in [0.25, 0.3) is 0 Å². The van der Waals surface area contributed by atoms with Crippen molar-refractivity contribution in [2.24, 2.45) is 5.92 Å². The lowest BCUT2D eigenvalue weighted by atomic mass is 10.0. The van der Waals surface area contributed by atoms with Crippen molar-refractivity contribution >= 4 is 35.0 Å². The van der Waals surface area contributed by atoms with Crippen LogP contribution in [0.25, 0.3) is 0 Å². The lowest BCUT2D eigenvalue weighted by Crippen LogP contribution is -2.21. The molecule has 0 saturated carbocycles. The molecule has 2 atom stereocenters. The molecule has 0 aromatic heterocycles. The highest BCUT2D eigenvalue weighted by Crippen LogP contribution is 2.34. The normalized spacial score (nSPS) is 13.6. The Morgan fingerprint density at radius 2 is 2.14 bits per heavy atom. The zero-order valence-electron chi connectivity index (χ0n) is 13.6. The van der Waals surface area contributed by atoms with Gasteiger partial charge < -0.3 is 10.5 Å². The summed E-state index contributed by atoms with van der Waals surface area (Å²) in [5.41, 5.74) is 6.30. The smallest absolute Gasteiger partial charge is 0.319 e. The van der Waals surface area contributed by atoms with Crippen molar-refractivity contribution in [1.29, 1.82) is 0 Å². The number of benzene rings is 1. The largest absolute Gasteiger partial charge is 0.465 e. The number of nitrogen functional groups attached to an aromatic ring is 1. The average Bonchev–Trinajstić information content (AvgIpc) is 2.51. The highest BCUT2D eigenvalue weighted by Gasteiger charge is 2.19. The second kappa shape index (κ2) is 10.0. The molecule has 0 radical (unpaired) electrons. The fourth-order valence-electron chi connectivity index (χ4n) is 2.07. The molecular weight excluding hydrogens is 318 g/mol. The molecule has 1 aromatic carbocycles. The van der Waals surface area contributed by atoms with Crippen molar-refractivity contribution in [3.63, 3.8) is 0 Å². The first kappa shape index (κ1) is 19.2. The van der Waals surface area contributed by atoms with E-state index in [0.29, 0.717) is 23.2 Å². The molecule has 1 aromatic rings. The molecule has 2 unspecified atom stereocenters. The molecule has 0 aliphatic rings. The first-order chi connectivity index (χ1) is 10.5. The molecule has 0 bridgehead atoms. The Kier molecular flexibility index (Phi) is 8.72. The van der Waals surface area contributed by atoms with Crippen LogP contribution in [0.2, 0.25) is 5.02 Å². The van der Waals surface area contributed by atoms with E-state index in [1.54, 1.807) is 6.07 Å². The maximum Gasteiger partial charge on any atom is 0.319 e. The first-order valence-electron chi connectivity index (χ1n) is 7.86. The molecule has 0 saturated heterocycles. The van der Waals surface area contributed by atoms with E-state index in [2.05, 4.69) is 13.8 Å². The molecule has 0 aliphatic heterocycles. The van der Waals surface area contributed by atoms with Crippen LogP contribution in [0.15, 0.2) is 23.1 Å². The number of carbonyl (C=O) groups is 1. The Labute approximate surface area is 142 Å². The number of ether oxygens (including phenoxy) is 1. The van der Waals surface area contributed by atoms with Gasteiger partial charge in [-0.25, -0.2) is 0 Å². The van der Waals surface area contributed by atoms with Gasteiger partial charge in [-0.3, -0.25) is 4.79 Å². The zero-order valence-corrected chi connectivity index (χ0v) is 15.2. The van der Waals surface area contributed by atoms with Crippen molar-refractivity contribution in [3.8, 4) is 0 Å². The summed E-state index contributed by atoms with van der Waals surface area (Å²) in [6, 6.07) is 5.44. The summed E-state index contributed by atoms with van der Waals surface area (Å²) < 4.78 is 5.46. The van der Waals surface area contributed by atoms with Crippen LogP contribution in [0.5, 0.6) is 0 Å². The molecule has 0 amide bonds. The molecule has 124 valence electrons. The van der Waals surface area contributed by atoms with Crippen molar-refractivity contribution in [2.75, 3.05) is 12.3 Å². The van der Waals surface area contributed by atoms with Gasteiger partial charge in [-0.15, -0.1) is 11.8 Å². The summed E-state index contributed by atoms with van der Waals surface area (Å²) >= 11 is 7.53. The van der Waals surface area contributed by atoms with Crippen LogP contribution in [0.3, 0.4) is 0 Å². The lowest BCUT2D eigenvalue weighted by molar-refractivity contribution is -0.144. The summed E-state index contributed by atoms with van der Waals surface area (Å²) in [6.07, 6.45) is 4.50. The van der Waals surface area contributed by atoms with E-state index in [9.17, 15) is 4.79 Å². The monoisotopic (exact) mass is 343 g/mol. The molecule has 0 aliphatic carbocycles. The number of carbonyl (C=O) groups excluding carboxylic acids is 1. The van der Waals surface area contributed by atoms with Gasteiger partial charge in [0.1, 0.15) is 5.25 Å². The number of esters is 1. The summed E-state index contributed by atoms with van der Waals surface area (Å²) in [5, 5.41) is 0.199. The summed E-state index contributed by atoms with van der Waals surface area (Å²) in [6.45, 7) is 6.65. The molecular formula is C17H26ClNO2S. The number of unbranched alkanes of at least 4 members (excludes halogenated alkanes) is 1. The molecule has 22 heavy (non-hydrogen) atoms. The van der Waals surface area contributed by atoms with Gasteiger partial charge in [0.05, 0.1) is 17.3 Å². The highest BCUT2D eigenvalue weighted by molar-refractivity contribution is 8.00. The molecule has 5 heteroatoms. The first-order valence-corrected chi connectivity index (χ1v) is 9.12. The van der Waals surface area contributed by atoms with E-state index >= 15 is 0 Å². The molecule has 0 heterocycles. The van der Waals surface area contributed by atoms with Crippen LogP contribution in [0.4, 0.5) is 5.69 Å². The van der Waals surface area contributed by atoms with Gasteiger partial charge in [-0.05, 0) is 31.4 Å². The fraction of sp³-hybridized carbons (Fsp3) is 0.588. The Bertz CT molecular complexity index is 482. The number of nitrogens with two attached hydrogens (primary N) is 1. The third kappa shape index (κ3) is 6.09. The van der Waals surface area contributed by atoms with Crippen molar-refractivity contribution < 1.29 is 9.53 Å². The highest BCUT2D eigenvalue weighted by atomic mass is 35.5. The van der Waals surface area contributed by atoms with Crippen LogP contribution >= 0.6 is 23.4 Å². The van der Waals surface area contributed by atoms with Crippen LogP contribution in [0, 0.1) is 5.92 Å². The standard InChI is InChI=1S/C17H26ClNO2S/c1-4-6-8-13(5-2)11-21-17(20)12(3)22-15-10-7-9-14(19)16(15)18/h7,9-10,12-13H,4-6,8,11,19H2,1-3H3. The third-order valence-corrected chi connectivity index (χ3v) is 5.31. The Balaban J connectivity index is 2.49. The Morgan fingerprint density at radius 3 is 2.77 bits per heavy atom. The number of hydrogen-bond acceptors (Lipinski definition) is 4. The van der Waals surface area contributed by atoms with Crippen LogP contribution in [-0.2, 0) is 9.53 Å². The van der Waals surface area contributed by atoms with Crippen LogP contribution in [-0.4, -0.2) is 17.8 Å². The van der Waals surface area contributed by atoms with E-state index in [4.69, 9.17) is 22.1 Å². The summed E-state index contributed by atoms with van der Waals surface area (Å²) in [7, 11) is 0. The number of hydrogen-bond donors (Lipinski definition) is 1. The molecule has 2 N–H and O–H groups in total. The van der Waals surface area contributed by atoms with Gasteiger partial charge in [-0.1, -0.05) is 50.8 Å². The quantitative estimate of drug-likeness (QED) is 0.382. The number of rotatable bonds is 9. The minimum Gasteiger partial charge on any atom is -0.465 e. The van der Waals surface area contributed by atoms with Crippen molar-refractivity contribution in [2.45, 2.75) is 56.6 Å². The minimum atomic E-state index is -0.303. The summed E-state index contributed by atoms with van der Waals surface area (Å²) in [5.74, 6) is 0.260. The fourth-order valence-corrected chi connectivity index (χ4v) is 3.26. The SMILES string of the molecule is CCCCC(CC)COC(=O)C(C)Sc1cccc(N)c1Cl.